The van der Waals surface area contributed by atoms with Gasteiger partial charge in [-0.2, -0.15) is 4.31 Å². The van der Waals surface area contributed by atoms with E-state index in [0.717, 1.165) is 15.8 Å². The predicted octanol–water partition coefficient (Wildman–Crippen LogP) is 2.84. The van der Waals surface area contributed by atoms with Crippen LogP contribution in [0.15, 0.2) is 57.9 Å². The summed E-state index contributed by atoms with van der Waals surface area (Å²) in [6.45, 7) is 2.53. The Balaban J connectivity index is 1.53. The van der Waals surface area contributed by atoms with Crippen molar-refractivity contribution in [3.05, 3.63) is 58.6 Å². The number of hydrogen-bond donors (Lipinski definition) is 1. The first-order chi connectivity index (χ1) is 13.4. The molecule has 1 aliphatic heterocycles. The molecule has 6 nitrogen and oxygen atoms in total. The van der Waals surface area contributed by atoms with Crippen molar-refractivity contribution < 1.29 is 13.2 Å². The van der Waals surface area contributed by atoms with Gasteiger partial charge in [0.2, 0.25) is 10.0 Å². The third-order valence-electron chi connectivity index (χ3n) is 4.56. The molecule has 28 heavy (non-hydrogen) atoms. The zero-order valence-electron chi connectivity index (χ0n) is 15.5. The number of benzene rings is 2. The van der Waals surface area contributed by atoms with Crippen molar-refractivity contribution in [2.75, 3.05) is 33.3 Å². The number of sulfonamides is 1. The van der Waals surface area contributed by atoms with E-state index in [9.17, 15) is 8.42 Å². The molecule has 0 bridgehead atoms. The highest BCUT2D eigenvalue weighted by molar-refractivity contribution is 9.10. The average Bonchev–Trinajstić information content (AvgIpc) is 2.72. The van der Waals surface area contributed by atoms with E-state index >= 15 is 0 Å². The normalized spacial score (nSPS) is 15.3. The lowest BCUT2D eigenvalue weighted by atomic mass is 10.2. The molecular weight excluding hydrogens is 462 g/mol. The van der Waals surface area contributed by atoms with Crippen LogP contribution in [0.3, 0.4) is 0 Å². The molecule has 2 aromatic carbocycles. The van der Waals surface area contributed by atoms with E-state index in [0.29, 0.717) is 42.7 Å². The molecule has 1 N–H and O–H groups in total. The van der Waals surface area contributed by atoms with Gasteiger partial charge >= 0.3 is 0 Å². The van der Waals surface area contributed by atoms with Crippen LogP contribution in [-0.2, 0) is 16.6 Å². The first-order valence-electron chi connectivity index (χ1n) is 8.81. The molecule has 0 saturated carbocycles. The zero-order chi connectivity index (χ0) is 20.1. The second-order valence-corrected chi connectivity index (χ2v) is 9.60. The Kier molecular flexibility index (Phi) is 6.92. The number of ether oxygens (including phenoxy) is 1. The van der Waals surface area contributed by atoms with Crippen LogP contribution in [0.2, 0.25) is 0 Å². The Hall–Kier alpha value is -1.68. The maximum Gasteiger partial charge on any atom is 0.243 e. The van der Waals surface area contributed by atoms with E-state index in [2.05, 4.69) is 21.2 Å². The second kappa shape index (κ2) is 9.21. The van der Waals surface area contributed by atoms with Gasteiger partial charge in [0.15, 0.2) is 5.11 Å². The van der Waals surface area contributed by atoms with Crippen LogP contribution >= 0.6 is 28.1 Å². The molecular formula is C19H22BrN3O3S2. The molecule has 1 aliphatic rings. The molecule has 1 heterocycles. The van der Waals surface area contributed by atoms with Crippen LogP contribution < -0.4 is 10.1 Å². The molecule has 0 spiro atoms. The first kappa shape index (κ1) is 21.0. The monoisotopic (exact) mass is 483 g/mol. The summed E-state index contributed by atoms with van der Waals surface area (Å²) in [5, 5.41) is 3.88. The molecule has 3 rings (SSSR count). The topological polar surface area (TPSA) is 61.9 Å². The maximum atomic E-state index is 12.8. The smallest absolute Gasteiger partial charge is 0.243 e. The highest BCUT2D eigenvalue weighted by Gasteiger charge is 2.29. The Morgan fingerprint density at radius 1 is 1.14 bits per heavy atom. The van der Waals surface area contributed by atoms with Crippen molar-refractivity contribution in [3.63, 3.8) is 0 Å². The molecule has 1 fully saturated rings. The minimum atomic E-state index is -3.49. The molecule has 9 heteroatoms. The van der Waals surface area contributed by atoms with Crippen molar-refractivity contribution in [1.29, 1.82) is 0 Å². The van der Waals surface area contributed by atoms with E-state index in [-0.39, 0.29) is 0 Å². The lowest BCUT2D eigenvalue weighted by Gasteiger charge is -2.35. The van der Waals surface area contributed by atoms with Crippen LogP contribution in [0.1, 0.15) is 5.56 Å². The van der Waals surface area contributed by atoms with Crippen LogP contribution in [0, 0.1) is 0 Å². The summed E-state index contributed by atoms with van der Waals surface area (Å²) in [7, 11) is -1.86. The van der Waals surface area contributed by atoms with Gasteiger partial charge in [0, 0.05) is 37.2 Å². The van der Waals surface area contributed by atoms with Crippen molar-refractivity contribution in [2.24, 2.45) is 0 Å². The predicted molar refractivity (Wildman–Crippen MR) is 117 cm³/mol. The summed E-state index contributed by atoms with van der Waals surface area (Å²) in [6, 6.07) is 14.6. The summed E-state index contributed by atoms with van der Waals surface area (Å²) in [6.07, 6.45) is 0. The summed E-state index contributed by atoms with van der Waals surface area (Å²) >= 11 is 8.81. The van der Waals surface area contributed by atoms with Crippen molar-refractivity contribution in [3.8, 4) is 5.75 Å². The number of nitrogens with zero attached hydrogens (tertiary/aromatic N) is 2. The minimum Gasteiger partial charge on any atom is -0.497 e. The number of halogens is 1. The molecule has 0 atom stereocenters. The van der Waals surface area contributed by atoms with E-state index in [1.807, 2.05) is 35.2 Å². The molecule has 0 amide bonds. The molecule has 0 radical (unpaired) electrons. The van der Waals surface area contributed by atoms with Gasteiger partial charge in [0.25, 0.3) is 0 Å². The third-order valence-corrected chi connectivity index (χ3v) is 7.35. The van der Waals surface area contributed by atoms with Crippen molar-refractivity contribution >= 4 is 43.3 Å². The van der Waals surface area contributed by atoms with Crippen molar-refractivity contribution in [2.45, 2.75) is 11.4 Å². The largest absolute Gasteiger partial charge is 0.497 e. The van der Waals surface area contributed by atoms with E-state index in [1.54, 1.807) is 25.3 Å². The number of hydrogen-bond acceptors (Lipinski definition) is 4. The highest BCUT2D eigenvalue weighted by Crippen LogP contribution is 2.21. The van der Waals surface area contributed by atoms with E-state index < -0.39 is 10.0 Å². The van der Waals surface area contributed by atoms with Gasteiger partial charge in [-0.05, 0) is 48.1 Å². The fourth-order valence-corrected chi connectivity index (χ4v) is 5.22. The number of methoxy groups -OCH3 is 1. The Labute approximate surface area is 179 Å². The van der Waals surface area contributed by atoms with Crippen molar-refractivity contribution in [1.82, 2.24) is 14.5 Å². The van der Waals surface area contributed by atoms with Gasteiger partial charge in [-0.25, -0.2) is 8.42 Å². The molecule has 0 aliphatic carbocycles. The van der Waals surface area contributed by atoms with Gasteiger partial charge < -0.3 is 15.0 Å². The number of rotatable bonds is 5. The molecule has 0 unspecified atom stereocenters. The Morgan fingerprint density at radius 3 is 2.43 bits per heavy atom. The fourth-order valence-electron chi connectivity index (χ4n) is 2.94. The van der Waals surface area contributed by atoms with Crippen LogP contribution in [-0.4, -0.2) is 56.0 Å². The summed E-state index contributed by atoms with van der Waals surface area (Å²) < 4.78 is 33.0. The van der Waals surface area contributed by atoms with Gasteiger partial charge in [-0.1, -0.05) is 34.1 Å². The quantitative estimate of drug-likeness (QED) is 0.659. The van der Waals surface area contributed by atoms with Crippen LogP contribution in [0.25, 0.3) is 0 Å². The summed E-state index contributed by atoms with van der Waals surface area (Å²) in [5.74, 6) is 0.814. The molecule has 150 valence electrons. The minimum absolute atomic E-state index is 0.301. The Bertz CT molecular complexity index is 928. The number of piperazine rings is 1. The summed E-state index contributed by atoms with van der Waals surface area (Å²) in [5.41, 5.74) is 1.10. The SMILES string of the molecule is COc1ccc(CNC(=S)N2CCN(S(=O)(=O)c3cccc(Br)c3)CC2)cc1. The maximum absolute atomic E-state index is 12.8. The van der Waals surface area contributed by atoms with E-state index in [1.165, 1.54) is 4.31 Å². The molecule has 1 saturated heterocycles. The highest BCUT2D eigenvalue weighted by atomic mass is 79.9. The molecule has 0 aromatic heterocycles. The van der Waals surface area contributed by atoms with E-state index in [4.69, 9.17) is 17.0 Å². The van der Waals surface area contributed by atoms with Gasteiger partial charge in [0.05, 0.1) is 12.0 Å². The fraction of sp³-hybridized carbons (Fsp3) is 0.316. The van der Waals surface area contributed by atoms with Gasteiger partial charge in [-0.15, -0.1) is 0 Å². The number of nitrogens with one attached hydrogen (secondary N) is 1. The van der Waals surface area contributed by atoms with Gasteiger partial charge in [0.1, 0.15) is 5.75 Å². The van der Waals surface area contributed by atoms with Crippen LogP contribution in [0.5, 0.6) is 5.75 Å². The lowest BCUT2D eigenvalue weighted by Crippen LogP contribution is -2.52. The zero-order valence-corrected chi connectivity index (χ0v) is 18.7. The Morgan fingerprint density at radius 2 is 1.82 bits per heavy atom. The second-order valence-electron chi connectivity index (χ2n) is 6.36. The standard InChI is InChI=1S/C19H22BrN3O3S2/c1-26-17-7-5-15(6-8-17)14-21-19(27)22-9-11-23(12-10-22)28(24,25)18-4-2-3-16(20)13-18/h2-8,13H,9-12,14H2,1H3,(H,21,27). The third kappa shape index (κ3) is 5.02. The number of thiocarbonyl (C=S) groups is 1. The average molecular weight is 484 g/mol. The van der Waals surface area contributed by atoms with Gasteiger partial charge in [-0.3, -0.25) is 0 Å². The lowest BCUT2D eigenvalue weighted by molar-refractivity contribution is 0.264. The summed E-state index contributed by atoms with van der Waals surface area (Å²) in [4.78, 5) is 2.31. The molecule has 2 aromatic rings. The first-order valence-corrected chi connectivity index (χ1v) is 11.5. The van der Waals surface area contributed by atoms with Crippen LogP contribution in [0.4, 0.5) is 0 Å².